The normalized spacial score (nSPS) is 19.6. The number of alkyl halides is 3. The maximum Gasteiger partial charge on any atom is 0.394 e. The van der Waals surface area contributed by atoms with Crippen molar-refractivity contribution in [2.75, 3.05) is 11.9 Å². The number of nitrogens with one attached hydrogen (secondary N) is 1. The number of carbonyl (C=O) groups excluding carboxylic acids is 1. The van der Waals surface area contributed by atoms with E-state index in [0.717, 1.165) is 5.56 Å². The molecule has 1 N–H and O–H groups in total. The third-order valence-corrected chi connectivity index (χ3v) is 4.95. The second-order valence-electron chi connectivity index (χ2n) is 7.05. The van der Waals surface area contributed by atoms with Crippen molar-refractivity contribution in [1.82, 2.24) is 14.7 Å². The summed E-state index contributed by atoms with van der Waals surface area (Å²) in [5, 5.41) is 7.09. The summed E-state index contributed by atoms with van der Waals surface area (Å²) in [6.07, 6.45) is -2.78. The van der Waals surface area contributed by atoms with Crippen LogP contribution in [0.3, 0.4) is 0 Å². The van der Waals surface area contributed by atoms with Crippen LogP contribution in [0.1, 0.15) is 20.3 Å². The van der Waals surface area contributed by atoms with Gasteiger partial charge in [-0.25, -0.2) is 4.79 Å². The van der Waals surface area contributed by atoms with Gasteiger partial charge in [-0.15, -0.1) is 0 Å². The van der Waals surface area contributed by atoms with Crippen molar-refractivity contribution in [3.63, 3.8) is 0 Å². The van der Waals surface area contributed by atoms with E-state index in [2.05, 4.69) is 10.4 Å². The highest BCUT2D eigenvalue weighted by molar-refractivity contribution is 5.94. The van der Waals surface area contributed by atoms with Gasteiger partial charge in [-0.3, -0.25) is 4.68 Å². The Labute approximate surface area is 149 Å². The molecule has 2 amide bonds. The van der Waals surface area contributed by atoms with Crippen LogP contribution in [-0.2, 0) is 7.05 Å². The van der Waals surface area contributed by atoms with Crippen molar-refractivity contribution in [3.05, 3.63) is 36.5 Å². The molecule has 1 aliphatic rings. The van der Waals surface area contributed by atoms with Gasteiger partial charge < -0.3 is 10.2 Å². The first kappa shape index (κ1) is 18.3. The lowest BCUT2D eigenvalue weighted by Gasteiger charge is -2.36. The van der Waals surface area contributed by atoms with Crippen LogP contribution < -0.4 is 5.32 Å². The lowest BCUT2D eigenvalue weighted by molar-refractivity contribution is -0.189. The molecule has 0 spiro atoms. The topological polar surface area (TPSA) is 50.2 Å². The Bertz CT molecular complexity index is 799. The number of rotatable bonds is 2. The van der Waals surface area contributed by atoms with Gasteiger partial charge in [0.05, 0.1) is 17.1 Å². The van der Waals surface area contributed by atoms with Crippen LogP contribution in [0.4, 0.5) is 23.7 Å². The molecule has 1 saturated heterocycles. The summed E-state index contributed by atoms with van der Waals surface area (Å²) in [6.45, 7) is 2.97. The van der Waals surface area contributed by atoms with Crippen LogP contribution in [0.25, 0.3) is 11.3 Å². The molecule has 1 unspecified atom stereocenters. The Hall–Kier alpha value is -2.51. The molecule has 5 nitrogen and oxygen atoms in total. The molecule has 26 heavy (non-hydrogen) atoms. The molecule has 8 heteroatoms. The quantitative estimate of drug-likeness (QED) is 0.862. The van der Waals surface area contributed by atoms with Crippen molar-refractivity contribution in [2.24, 2.45) is 13.0 Å². The molecule has 140 valence electrons. The largest absolute Gasteiger partial charge is 0.394 e. The van der Waals surface area contributed by atoms with E-state index < -0.39 is 23.7 Å². The minimum atomic E-state index is -4.33. The number of amides is 2. The van der Waals surface area contributed by atoms with Crippen LogP contribution in [0, 0.1) is 5.92 Å². The van der Waals surface area contributed by atoms with E-state index in [1.807, 2.05) is 30.3 Å². The number of carbonyl (C=O) groups is 1. The zero-order valence-electron chi connectivity index (χ0n) is 14.8. The lowest BCUT2D eigenvalue weighted by Crippen LogP contribution is -2.51. The highest BCUT2D eigenvalue weighted by atomic mass is 19.4. The zero-order valence-corrected chi connectivity index (χ0v) is 14.8. The van der Waals surface area contributed by atoms with Crippen molar-refractivity contribution >= 4 is 11.7 Å². The van der Waals surface area contributed by atoms with Crippen LogP contribution >= 0.6 is 0 Å². The van der Waals surface area contributed by atoms with E-state index in [9.17, 15) is 18.0 Å². The number of halogens is 3. The molecule has 1 aliphatic heterocycles. The van der Waals surface area contributed by atoms with Gasteiger partial charge in [0.15, 0.2) is 0 Å². The molecule has 0 aliphatic carbocycles. The summed E-state index contributed by atoms with van der Waals surface area (Å²) < 4.78 is 41.3. The number of likely N-dealkylation sites (tertiary alicyclic amines) is 1. The van der Waals surface area contributed by atoms with E-state index in [1.54, 1.807) is 17.9 Å². The smallest absolute Gasteiger partial charge is 0.319 e. The molecule has 1 atom stereocenters. The molecule has 0 saturated carbocycles. The molecule has 3 rings (SSSR count). The Morgan fingerprint density at radius 1 is 1.27 bits per heavy atom. The number of hydrogen-bond donors (Lipinski definition) is 1. The summed E-state index contributed by atoms with van der Waals surface area (Å²) in [6, 6.07) is 8.75. The minimum Gasteiger partial charge on any atom is -0.319 e. The summed E-state index contributed by atoms with van der Waals surface area (Å²) >= 11 is 0. The van der Waals surface area contributed by atoms with Crippen LogP contribution in [0.2, 0.25) is 0 Å². The Morgan fingerprint density at radius 2 is 1.92 bits per heavy atom. The van der Waals surface area contributed by atoms with E-state index in [-0.39, 0.29) is 13.0 Å². The van der Waals surface area contributed by atoms with Crippen LogP contribution in [-0.4, -0.2) is 39.0 Å². The molecule has 1 fully saturated rings. The molecular weight excluding hydrogens is 345 g/mol. The number of aryl methyl sites for hydroxylation is 1. The first-order valence-electron chi connectivity index (χ1n) is 8.35. The number of hydrogen-bond acceptors (Lipinski definition) is 2. The lowest BCUT2D eigenvalue weighted by atomic mass is 9.88. The SMILES string of the molecule is Cn1cc(NC(=O)N2CCC(C(F)(F)F)C2(C)C)c(-c2ccccc2)n1. The number of aromatic nitrogens is 2. The first-order chi connectivity index (χ1) is 12.1. The van der Waals surface area contributed by atoms with Gasteiger partial charge >= 0.3 is 12.2 Å². The summed E-state index contributed by atoms with van der Waals surface area (Å²) in [7, 11) is 1.72. The number of nitrogens with zero attached hydrogens (tertiary/aromatic N) is 3. The Kier molecular flexibility index (Phi) is 4.46. The highest BCUT2D eigenvalue weighted by Crippen LogP contribution is 2.45. The average Bonchev–Trinajstić information content (AvgIpc) is 3.06. The van der Waals surface area contributed by atoms with Gasteiger partial charge in [0.25, 0.3) is 0 Å². The summed E-state index contributed by atoms with van der Waals surface area (Å²) in [5.41, 5.74) is 0.551. The van der Waals surface area contributed by atoms with Gasteiger partial charge in [-0.2, -0.15) is 18.3 Å². The fourth-order valence-corrected chi connectivity index (χ4v) is 3.59. The van der Waals surface area contributed by atoms with Crippen molar-refractivity contribution in [3.8, 4) is 11.3 Å². The number of benzene rings is 1. The molecular formula is C18H21F3N4O. The molecule has 1 aromatic carbocycles. The van der Waals surface area contributed by atoms with Crippen LogP contribution in [0.15, 0.2) is 36.5 Å². The zero-order chi connectivity index (χ0) is 19.1. The Morgan fingerprint density at radius 3 is 2.50 bits per heavy atom. The van der Waals surface area contributed by atoms with Gasteiger partial charge in [-0.1, -0.05) is 30.3 Å². The van der Waals surface area contributed by atoms with Crippen molar-refractivity contribution < 1.29 is 18.0 Å². The molecule has 0 bridgehead atoms. The predicted octanol–water partition coefficient (Wildman–Crippen LogP) is 4.28. The van der Waals surface area contributed by atoms with E-state index in [4.69, 9.17) is 0 Å². The standard InChI is InChI=1S/C18H21F3N4O/c1-17(2)14(18(19,20)21)9-10-25(17)16(26)22-13-11-24(3)23-15(13)12-7-5-4-6-8-12/h4-8,11,14H,9-10H2,1-3H3,(H,22,26). The second kappa shape index (κ2) is 6.34. The fraction of sp³-hybridized carbons (Fsp3) is 0.444. The maximum atomic E-state index is 13.2. The highest BCUT2D eigenvalue weighted by Gasteiger charge is 2.56. The first-order valence-corrected chi connectivity index (χ1v) is 8.35. The van der Waals surface area contributed by atoms with Gasteiger partial charge in [0.1, 0.15) is 5.69 Å². The summed E-state index contributed by atoms with van der Waals surface area (Å²) in [5.74, 6) is -1.54. The maximum absolute atomic E-state index is 13.2. The molecule has 1 aromatic heterocycles. The third-order valence-electron chi connectivity index (χ3n) is 4.95. The van der Waals surface area contributed by atoms with Crippen molar-refractivity contribution in [2.45, 2.75) is 32.0 Å². The van der Waals surface area contributed by atoms with E-state index in [0.29, 0.717) is 11.4 Å². The van der Waals surface area contributed by atoms with Gasteiger partial charge in [0.2, 0.25) is 0 Å². The van der Waals surface area contributed by atoms with Gasteiger partial charge in [0, 0.05) is 25.4 Å². The average molecular weight is 366 g/mol. The Balaban J connectivity index is 1.84. The minimum absolute atomic E-state index is 0.0595. The molecule has 2 heterocycles. The van der Waals surface area contributed by atoms with Crippen LogP contribution in [0.5, 0.6) is 0 Å². The summed E-state index contributed by atoms with van der Waals surface area (Å²) in [4.78, 5) is 14.0. The second-order valence-corrected chi connectivity index (χ2v) is 7.05. The van der Waals surface area contributed by atoms with Gasteiger partial charge in [-0.05, 0) is 20.3 Å². The number of urea groups is 1. The number of anilines is 1. The molecule has 0 radical (unpaired) electrons. The van der Waals surface area contributed by atoms with Crippen molar-refractivity contribution in [1.29, 1.82) is 0 Å². The predicted molar refractivity (Wildman–Crippen MR) is 92.6 cm³/mol. The third kappa shape index (κ3) is 3.27. The fourth-order valence-electron chi connectivity index (χ4n) is 3.59. The molecule has 2 aromatic rings. The van der Waals surface area contributed by atoms with E-state index in [1.165, 1.54) is 18.7 Å². The monoisotopic (exact) mass is 366 g/mol. The van der Waals surface area contributed by atoms with E-state index >= 15 is 0 Å².